The van der Waals surface area contributed by atoms with Crippen LogP contribution in [0.2, 0.25) is 0 Å². The van der Waals surface area contributed by atoms with Crippen LogP contribution in [0.25, 0.3) is 0 Å². The molecule has 1 aliphatic heterocycles. The van der Waals surface area contributed by atoms with Gasteiger partial charge in [0.1, 0.15) is 0 Å². The third-order valence-corrected chi connectivity index (χ3v) is 4.69. The van der Waals surface area contributed by atoms with Gasteiger partial charge in [0.15, 0.2) is 0 Å². The molecule has 0 aliphatic carbocycles. The number of aryl methyl sites for hydroxylation is 1. The van der Waals surface area contributed by atoms with Crippen molar-refractivity contribution in [3.8, 4) is 0 Å². The van der Waals surface area contributed by atoms with Crippen LogP contribution in [0.5, 0.6) is 0 Å². The van der Waals surface area contributed by atoms with Crippen molar-refractivity contribution >= 4 is 17.4 Å². The van der Waals surface area contributed by atoms with Gasteiger partial charge in [-0.15, -0.1) is 0 Å². The second-order valence-electron chi connectivity index (χ2n) is 6.87. The lowest BCUT2D eigenvalue weighted by molar-refractivity contribution is 0.220. The normalized spacial score (nSPS) is 14.2. The quantitative estimate of drug-likeness (QED) is 0.881. The van der Waals surface area contributed by atoms with E-state index in [-0.39, 0.29) is 6.03 Å². The summed E-state index contributed by atoms with van der Waals surface area (Å²) in [6.07, 6.45) is 3.91. The smallest absolute Gasteiger partial charge is 0.321 e. The number of carbonyl (C=O) groups excluding carboxylic acids is 1. The molecule has 2 aromatic carbocycles. The molecule has 0 spiro atoms. The molecule has 4 heteroatoms. The number of hydrogen-bond acceptors (Lipinski definition) is 2. The molecule has 132 valence electrons. The molecule has 3 rings (SSSR count). The molecule has 25 heavy (non-hydrogen) atoms. The lowest BCUT2D eigenvalue weighted by atomic mass is 10.1. The maximum Gasteiger partial charge on any atom is 0.321 e. The summed E-state index contributed by atoms with van der Waals surface area (Å²) in [6.45, 7) is 4.91. The fourth-order valence-electron chi connectivity index (χ4n) is 3.25. The van der Waals surface area contributed by atoms with E-state index in [0.29, 0.717) is 6.54 Å². The van der Waals surface area contributed by atoms with E-state index in [9.17, 15) is 4.79 Å². The molecule has 0 saturated carbocycles. The van der Waals surface area contributed by atoms with Gasteiger partial charge in [-0.3, -0.25) is 0 Å². The molecule has 0 atom stereocenters. The second-order valence-corrected chi connectivity index (χ2v) is 6.87. The summed E-state index contributed by atoms with van der Waals surface area (Å²) in [4.78, 5) is 16.5. The van der Waals surface area contributed by atoms with Crippen LogP contribution in [0.3, 0.4) is 0 Å². The minimum atomic E-state index is -0.0919. The molecule has 2 amide bonds. The molecule has 1 heterocycles. The van der Waals surface area contributed by atoms with Crippen LogP contribution in [-0.2, 0) is 6.54 Å². The zero-order valence-electron chi connectivity index (χ0n) is 15.2. The van der Waals surface area contributed by atoms with E-state index in [1.54, 1.807) is 4.90 Å². The summed E-state index contributed by atoms with van der Waals surface area (Å²) < 4.78 is 0. The zero-order chi connectivity index (χ0) is 17.6. The van der Waals surface area contributed by atoms with Crippen molar-refractivity contribution < 1.29 is 4.79 Å². The Bertz CT molecular complexity index is 705. The van der Waals surface area contributed by atoms with Crippen molar-refractivity contribution in [1.29, 1.82) is 0 Å². The zero-order valence-corrected chi connectivity index (χ0v) is 15.2. The van der Waals surface area contributed by atoms with E-state index in [0.717, 1.165) is 29.9 Å². The molecule has 0 bridgehead atoms. The fraction of sp³-hybridized carbons (Fsp3) is 0.381. The standard InChI is InChI=1S/C21H27N3O/c1-17-7-6-8-19(15-17)22-21(25)23(2)16-18-9-11-20(12-10-18)24-13-4-3-5-14-24/h6-12,15H,3-5,13-14,16H2,1-2H3,(H,22,25). The van der Waals surface area contributed by atoms with Crippen molar-refractivity contribution in [3.05, 3.63) is 59.7 Å². The summed E-state index contributed by atoms with van der Waals surface area (Å²) in [6, 6.07) is 16.4. The fourth-order valence-corrected chi connectivity index (χ4v) is 3.25. The maximum atomic E-state index is 12.3. The van der Waals surface area contributed by atoms with Crippen molar-refractivity contribution in [1.82, 2.24) is 4.90 Å². The highest BCUT2D eigenvalue weighted by Gasteiger charge is 2.12. The van der Waals surface area contributed by atoms with Crippen LogP contribution in [0.1, 0.15) is 30.4 Å². The summed E-state index contributed by atoms with van der Waals surface area (Å²) in [5.41, 5.74) is 4.39. The largest absolute Gasteiger partial charge is 0.372 e. The van der Waals surface area contributed by atoms with Gasteiger partial charge in [0.25, 0.3) is 0 Å². The summed E-state index contributed by atoms with van der Waals surface area (Å²) in [7, 11) is 1.82. The number of benzene rings is 2. The third-order valence-electron chi connectivity index (χ3n) is 4.69. The van der Waals surface area contributed by atoms with E-state index < -0.39 is 0 Å². The average Bonchev–Trinajstić information content (AvgIpc) is 2.63. The summed E-state index contributed by atoms with van der Waals surface area (Å²) in [5.74, 6) is 0. The summed E-state index contributed by atoms with van der Waals surface area (Å²) in [5, 5.41) is 2.94. The summed E-state index contributed by atoms with van der Waals surface area (Å²) >= 11 is 0. The third kappa shape index (κ3) is 4.75. The molecule has 1 aliphatic rings. The van der Waals surface area contributed by atoms with Gasteiger partial charge in [-0.25, -0.2) is 4.79 Å². The number of hydrogen-bond donors (Lipinski definition) is 1. The van der Waals surface area contributed by atoms with Crippen LogP contribution in [0.15, 0.2) is 48.5 Å². The number of nitrogens with zero attached hydrogens (tertiary/aromatic N) is 2. The number of carbonyl (C=O) groups is 1. The predicted molar refractivity (Wildman–Crippen MR) is 104 cm³/mol. The molecule has 1 N–H and O–H groups in total. The van der Waals surface area contributed by atoms with Gasteiger partial charge in [0, 0.05) is 38.1 Å². The van der Waals surface area contributed by atoms with Crippen LogP contribution < -0.4 is 10.2 Å². The lowest BCUT2D eigenvalue weighted by Crippen LogP contribution is -2.31. The van der Waals surface area contributed by atoms with Crippen LogP contribution in [-0.4, -0.2) is 31.1 Å². The average molecular weight is 337 g/mol. The first-order chi connectivity index (χ1) is 12.1. The van der Waals surface area contributed by atoms with Crippen molar-refractivity contribution in [2.24, 2.45) is 0 Å². The molecule has 0 aromatic heterocycles. The van der Waals surface area contributed by atoms with Gasteiger partial charge in [-0.1, -0.05) is 24.3 Å². The van der Waals surface area contributed by atoms with Gasteiger partial charge < -0.3 is 15.1 Å². The van der Waals surface area contributed by atoms with Gasteiger partial charge >= 0.3 is 6.03 Å². The Morgan fingerprint density at radius 3 is 2.48 bits per heavy atom. The Labute approximate surface area is 150 Å². The van der Waals surface area contributed by atoms with Crippen molar-refractivity contribution in [3.63, 3.8) is 0 Å². The van der Waals surface area contributed by atoms with Crippen molar-refractivity contribution in [2.75, 3.05) is 30.4 Å². The monoisotopic (exact) mass is 337 g/mol. The Morgan fingerprint density at radius 1 is 1.08 bits per heavy atom. The Balaban J connectivity index is 1.56. The van der Waals surface area contributed by atoms with Gasteiger partial charge in [0.2, 0.25) is 0 Å². The number of amides is 2. The van der Waals surface area contributed by atoms with Crippen LogP contribution in [0, 0.1) is 6.92 Å². The van der Waals surface area contributed by atoms with E-state index in [1.807, 2.05) is 38.2 Å². The van der Waals surface area contributed by atoms with E-state index in [1.165, 1.54) is 24.9 Å². The van der Waals surface area contributed by atoms with E-state index in [2.05, 4.69) is 34.5 Å². The molecule has 1 fully saturated rings. The van der Waals surface area contributed by atoms with Gasteiger partial charge in [-0.05, 0) is 61.6 Å². The topological polar surface area (TPSA) is 35.6 Å². The molecule has 2 aromatic rings. The molecular formula is C21H27N3O. The van der Waals surface area contributed by atoms with E-state index >= 15 is 0 Å². The second kappa shape index (κ2) is 8.06. The van der Waals surface area contributed by atoms with Crippen LogP contribution in [0.4, 0.5) is 16.2 Å². The first-order valence-corrected chi connectivity index (χ1v) is 9.04. The maximum absolute atomic E-state index is 12.3. The highest BCUT2D eigenvalue weighted by molar-refractivity contribution is 5.89. The minimum absolute atomic E-state index is 0.0919. The highest BCUT2D eigenvalue weighted by atomic mass is 16.2. The van der Waals surface area contributed by atoms with Gasteiger partial charge in [-0.2, -0.15) is 0 Å². The predicted octanol–water partition coefficient (Wildman–Crippen LogP) is 4.65. The number of urea groups is 1. The molecule has 0 unspecified atom stereocenters. The molecule has 1 saturated heterocycles. The molecule has 0 radical (unpaired) electrons. The number of anilines is 2. The Morgan fingerprint density at radius 2 is 1.80 bits per heavy atom. The van der Waals surface area contributed by atoms with Gasteiger partial charge in [0.05, 0.1) is 0 Å². The number of rotatable bonds is 4. The molecule has 4 nitrogen and oxygen atoms in total. The van der Waals surface area contributed by atoms with Crippen LogP contribution >= 0.6 is 0 Å². The van der Waals surface area contributed by atoms with E-state index in [4.69, 9.17) is 0 Å². The lowest BCUT2D eigenvalue weighted by Gasteiger charge is -2.29. The Hall–Kier alpha value is -2.49. The van der Waals surface area contributed by atoms with Crippen molar-refractivity contribution in [2.45, 2.75) is 32.7 Å². The highest BCUT2D eigenvalue weighted by Crippen LogP contribution is 2.20. The SMILES string of the molecule is Cc1cccc(NC(=O)N(C)Cc2ccc(N3CCCCC3)cc2)c1. The number of piperidine rings is 1. The first-order valence-electron chi connectivity index (χ1n) is 9.04. The minimum Gasteiger partial charge on any atom is -0.372 e. The Kier molecular flexibility index (Phi) is 5.59. The number of nitrogens with one attached hydrogen (secondary N) is 1. The first kappa shape index (κ1) is 17.3. The molecular weight excluding hydrogens is 310 g/mol.